The molecule has 4 heterocycles. The van der Waals surface area contributed by atoms with Gasteiger partial charge in [0, 0.05) is 18.2 Å². The molecule has 0 spiro atoms. The number of methoxy groups -OCH3 is 2. The zero-order valence-electron chi connectivity index (χ0n) is 41.7. The quantitative estimate of drug-likeness (QED) is 0.0288. The summed E-state index contributed by atoms with van der Waals surface area (Å²) in [5, 5.41) is 150. The zero-order chi connectivity index (χ0) is 55.9. The van der Waals surface area contributed by atoms with Gasteiger partial charge in [-0.25, -0.2) is 4.42 Å². The summed E-state index contributed by atoms with van der Waals surface area (Å²) >= 11 is 0. The van der Waals surface area contributed by atoms with Crippen molar-refractivity contribution in [2.45, 2.75) is 92.1 Å². The lowest BCUT2D eigenvalue weighted by atomic mass is 9.97. The van der Waals surface area contributed by atoms with Crippen LogP contribution in [0.15, 0.2) is 89.4 Å². The smallest absolute Gasteiger partial charge is 0.402 e. The van der Waals surface area contributed by atoms with Gasteiger partial charge in [0.15, 0.2) is 35.4 Å². The van der Waals surface area contributed by atoms with Gasteiger partial charge < -0.3 is 119 Å². The first kappa shape index (κ1) is 57.5. The molecule has 8 rings (SSSR count). The first-order chi connectivity index (χ1) is 37.4. The number of hydrogen-bond donors (Lipinski definition) is 14. The van der Waals surface area contributed by atoms with E-state index in [0.717, 1.165) is 29.8 Å². The molecule has 0 aliphatic carbocycles. The molecule has 0 bridgehead atoms. The van der Waals surface area contributed by atoms with E-state index in [1.54, 1.807) is 30.4 Å². The van der Waals surface area contributed by atoms with Gasteiger partial charge in [-0.05, 0) is 47.5 Å². The van der Waals surface area contributed by atoms with Crippen LogP contribution in [0.4, 0.5) is 0 Å². The number of aromatic hydroxyl groups is 5. The van der Waals surface area contributed by atoms with Gasteiger partial charge >= 0.3 is 11.3 Å². The first-order valence-electron chi connectivity index (χ1n) is 24.3. The Bertz CT molecular complexity index is 2840. The van der Waals surface area contributed by atoms with Gasteiger partial charge in [0.05, 0.1) is 58.9 Å². The molecule has 3 saturated heterocycles. The molecular formula is C53H61O25+. The number of fused-ring (bicyclic) bond motifs is 1. The van der Waals surface area contributed by atoms with Crippen molar-refractivity contribution in [1.29, 1.82) is 0 Å². The molecule has 5 aromatic rings. The minimum absolute atomic E-state index is 0.0281. The third-order valence-corrected chi connectivity index (χ3v) is 13.0. The largest absolute Gasteiger partial charge is 0.508 e. The predicted molar refractivity (Wildman–Crippen MR) is 267 cm³/mol. The summed E-state index contributed by atoms with van der Waals surface area (Å²) in [7, 11) is 2.70. The standard InChI is InChI=1S/C53H60O25/c1-68-34-15-25(16-35(69-2)40(34)60)6-4-14-71-49-45(65)42(62)38(22-55)76-52(49)78-50-46(66)43(63)39(23-70-13-3-5-24-7-10-27(56)11-8-24)77-53(50)74-36-20-29-32(72-48(36)26-9-12-30(58)31(59)17-26)18-28(57)19-33(29)73-51-47(67)44(64)41(61)37(21-54)75-51/h3-12,15-20,37-39,41-47,49-55,61-67H,13-14,21-23H2,1-2H3,(H4-,56,57,58,59,60)/p+1/t37-,38-,39-,41-,42-,43-,44+,45+,46+,47-,49-,50-,51-,52+,53-/m1/s1. The van der Waals surface area contributed by atoms with Crippen molar-refractivity contribution in [3.05, 3.63) is 96.1 Å². The van der Waals surface area contributed by atoms with Gasteiger partial charge in [-0.15, -0.1) is 0 Å². The molecule has 15 atom stereocenters. The maximum absolute atomic E-state index is 12.1. The maximum atomic E-state index is 12.1. The van der Waals surface area contributed by atoms with Crippen LogP contribution in [0, 0.1) is 0 Å². The van der Waals surface area contributed by atoms with E-state index in [0.29, 0.717) is 5.56 Å². The molecule has 422 valence electrons. The van der Waals surface area contributed by atoms with Crippen molar-refractivity contribution in [1.82, 2.24) is 0 Å². The Hall–Kier alpha value is -6.63. The molecule has 25 nitrogen and oxygen atoms in total. The van der Waals surface area contributed by atoms with Crippen LogP contribution in [0.1, 0.15) is 11.1 Å². The number of benzene rings is 4. The molecule has 4 aromatic carbocycles. The Balaban J connectivity index is 1.16. The third-order valence-electron chi connectivity index (χ3n) is 13.0. The fourth-order valence-electron chi connectivity index (χ4n) is 8.80. The average Bonchev–Trinajstić information content (AvgIpc) is 3.47. The molecule has 14 N–H and O–H groups in total. The average molecular weight is 1100 g/mol. The highest BCUT2D eigenvalue weighted by molar-refractivity contribution is 5.89. The lowest BCUT2D eigenvalue weighted by molar-refractivity contribution is -0.361. The fraction of sp³-hybridized carbons (Fsp3) is 0.415. The lowest BCUT2D eigenvalue weighted by Crippen LogP contribution is -2.65. The molecule has 1 aromatic heterocycles. The Morgan fingerprint density at radius 3 is 1.79 bits per heavy atom. The second-order valence-corrected chi connectivity index (χ2v) is 18.3. The van der Waals surface area contributed by atoms with E-state index in [-0.39, 0.29) is 70.0 Å². The highest BCUT2D eigenvalue weighted by Crippen LogP contribution is 2.44. The van der Waals surface area contributed by atoms with Crippen LogP contribution in [-0.4, -0.2) is 211 Å². The van der Waals surface area contributed by atoms with E-state index in [4.69, 9.17) is 51.8 Å². The highest BCUT2D eigenvalue weighted by Gasteiger charge is 2.53. The van der Waals surface area contributed by atoms with E-state index in [1.165, 1.54) is 56.7 Å². The Morgan fingerprint density at radius 2 is 1.13 bits per heavy atom. The number of aliphatic hydroxyl groups excluding tert-OH is 9. The minimum Gasteiger partial charge on any atom is -0.508 e. The van der Waals surface area contributed by atoms with Gasteiger partial charge in [-0.2, -0.15) is 0 Å². The van der Waals surface area contributed by atoms with Crippen LogP contribution >= 0.6 is 0 Å². The van der Waals surface area contributed by atoms with E-state index < -0.39 is 129 Å². The maximum Gasteiger partial charge on any atom is 0.402 e. The second-order valence-electron chi connectivity index (χ2n) is 18.3. The van der Waals surface area contributed by atoms with Gasteiger partial charge in [0.25, 0.3) is 0 Å². The fourth-order valence-corrected chi connectivity index (χ4v) is 8.80. The predicted octanol–water partition coefficient (Wildman–Crippen LogP) is 0.583. The summed E-state index contributed by atoms with van der Waals surface area (Å²) in [4.78, 5) is 0. The van der Waals surface area contributed by atoms with E-state index in [1.807, 2.05) is 0 Å². The number of phenolic OH excluding ortho intramolecular Hbond substituents is 5. The summed E-state index contributed by atoms with van der Waals surface area (Å²) in [5.41, 5.74) is 1.10. The van der Waals surface area contributed by atoms with Gasteiger partial charge in [-0.3, -0.25) is 0 Å². The summed E-state index contributed by atoms with van der Waals surface area (Å²) in [6, 6.07) is 16.4. The van der Waals surface area contributed by atoms with Crippen LogP contribution in [0.3, 0.4) is 0 Å². The second kappa shape index (κ2) is 25.4. The van der Waals surface area contributed by atoms with Crippen molar-refractivity contribution < 1.29 is 123 Å². The van der Waals surface area contributed by atoms with Crippen LogP contribution in [0.25, 0.3) is 34.4 Å². The number of ether oxygens (including phenoxy) is 10. The molecule has 0 amide bonds. The van der Waals surface area contributed by atoms with Crippen molar-refractivity contribution in [2.75, 3.05) is 47.3 Å². The molecule has 25 heteroatoms. The van der Waals surface area contributed by atoms with Crippen LogP contribution < -0.4 is 18.9 Å². The van der Waals surface area contributed by atoms with Crippen LogP contribution in [0.2, 0.25) is 0 Å². The number of hydrogen-bond acceptors (Lipinski definition) is 24. The molecule has 3 aliphatic heterocycles. The molecule has 3 fully saturated rings. The van der Waals surface area contributed by atoms with Crippen LogP contribution in [-0.2, 0) is 28.4 Å². The van der Waals surface area contributed by atoms with E-state index >= 15 is 0 Å². The van der Waals surface area contributed by atoms with Gasteiger partial charge in [0.1, 0.15) is 89.8 Å². The van der Waals surface area contributed by atoms with Crippen molar-refractivity contribution in [2.24, 2.45) is 0 Å². The first-order valence-corrected chi connectivity index (χ1v) is 24.3. The lowest BCUT2D eigenvalue weighted by Gasteiger charge is -2.46. The summed E-state index contributed by atoms with van der Waals surface area (Å²) in [5.74, 6) is -2.43. The number of phenols is 5. The molecule has 78 heavy (non-hydrogen) atoms. The molecule has 0 unspecified atom stereocenters. The Labute approximate surface area is 443 Å². The van der Waals surface area contributed by atoms with E-state index in [2.05, 4.69) is 0 Å². The van der Waals surface area contributed by atoms with Crippen molar-refractivity contribution >= 4 is 23.1 Å². The van der Waals surface area contributed by atoms with Crippen molar-refractivity contribution in [3.8, 4) is 63.1 Å². The molecule has 0 saturated carbocycles. The van der Waals surface area contributed by atoms with Gasteiger partial charge in [0.2, 0.25) is 24.1 Å². The van der Waals surface area contributed by atoms with Crippen molar-refractivity contribution in [3.63, 3.8) is 0 Å². The summed E-state index contributed by atoms with van der Waals surface area (Å²) in [6.45, 7) is -2.37. The number of aliphatic hydroxyl groups is 9. The minimum atomic E-state index is -1.98. The molecule has 3 aliphatic rings. The zero-order valence-corrected chi connectivity index (χ0v) is 41.7. The summed E-state index contributed by atoms with van der Waals surface area (Å²) < 4.78 is 65.3. The highest BCUT2D eigenvalue weighted by atomic mass is 16.8. The Morgan fingerprint density at radius 1 is 0.526 bits per heavy atom. The summed E-state index contributed by atoms with van der Waals surface area (Å²) in [6.07, 6.45) is -19.7. The van der Waals surface area contributed by atoms with Gasteiger partial charge in [-0.1, -0.05) is 36.4 Å². The van der Waals surface area contributed by atoms with E-state index in [9.17, 15) is 71.5 Å². The molecular weight excluding hydrogens is 1040 g/mol. The number of rotatable bonds is 20. The monoisotopic (exact) mass is 1100 g/mol. The normalized spacial score (nSPS) is 29.5. The SMILES string of the molecule is COc1cc(C=CCO[C@H]2[C@H](O[C@H]3[C@H](Oc4cc5c(O[C@@H]6O[C@H](CO)[C@@H](O)[C@H](O)[C@H]6O)cc(O)cc5[o+]c4-c4ccc(O)c(O)c4)O[C@H](COCC=Cc4ccc(O)cc4)[C@@H](O)[C@@H]3O)O[C@H](CO)[C@@H](O)[C@@H]2O)cc(OC)c1O. The molecule has 0 radical (unpaired) electrons. The Kier molecular flexibility index (Phi) is 18.8. The van der Waals surface area contributed by atoms with Crippen LogP contribution in [0.5, 0.6) is 51.7 Å². The topological polar surface area (TPSA) is 387 Å². The third kappa shape index (κ3) is 12.8.